The molecule has 0 bridgehead atoms. The fourth-order valence-corrected chi connectivity index (χ4v) is 1.60. The van der Waals surface area contributed by atoms with Gasteiger partial charge in [0, 0.05) is 11.3 Å². The number of aryl methyl sites for hydroxylation is 1. The average Bonchev–Trinajstić information content (AvgIpc) is 2.86. The molecule has 1 amide bonds. The third kappa shape index (κ3) is 3.03. The molecule has 6 heteroatoms. The highest BCUT2D eigenvalue weighted by Gasteiger charge is 2.14. The van der Waals surface area contributed by atoms with Crippen LogP contribution < -0.4 is 5.32 Å². The molecule has 0 unspecified atom stereocenters. The number of carbonyl (C=O) groups is 2. The van der Waals surface area contributed by atoms with Gasteiger partial charge in [0.1, 0.15) is 0 Å². The summed E-state index contributed by atoms with van der Waals surface area (Å²) in [7, 11) is 0. The van der Waals surface area contributed by atoms with Crippen molar-refractivity contribution >= 4 is 17.6 Å². The molecule has 0 aliphatic rings. The van der Waals surface area contributed by atoms with Gasteiger partial charge in [0.05, 0.1) is 18.4 Å². The zero-order chi connectivity index (χ0) is 14.5. The van der Waals surface area contributed by atoms with Crippen LogP contribution in [-0.4, -0.2) is 23.6 Å². The Hall–Kier alpha value is -2.63. The number of benzene rings is 1. The Kier molecular flexibility index (Phi) is 4.14. The summed E-state index contributed by atoms with van der Waals surface area (Å²) < 4.78 is 9.73. The third-order valence-corrected chi connectivity index (χ3v) is 2.61. The Bertz CT molecular complexity index is 616. The van der Waals surface area contributed by atoms with Crippen molar-refractivity contribution in [1.82, 2.24) is 5.16 Å². The van der Waals surface area contributed by atoms with Gasteiger partial charge in [-0.05, 0) is 38.1 Å². The van der Waals surface area contributed by atoms with E-state index in [9.17, 15) is 9.59 Å². The molecule has 1 aromatic carbocycles. The normalized spacial score (nSPS) is 10.1. The van der Waals surface area contributed by atoms with E-state index < -0.39 is 5.97 Å². The smallest absolute Gasteiger partial charge is 0.338 e. The molecule has 0 atom stereocenters. The van der Waals surface area contributed by atoms with Crippen LogP contribution in [0.1, 0.15) is 33.4 Å². The van der Waals surface area contributed by atoms with Gasteiger partial charge in [0.2, 0.25) is 5.76 Å². The van der Waals surface area contributed by atoms with E-state index in [1.807, 2.05) is 0 Å². The van der Waals surface area contributed by atoms with Crippen molar-refractivity contribution < 1.29 is 18.8 Å². The van der Waals surface area contributed by atoms with Crippen LogP contribution in [0.4, 0.5) is 5.69 Å². The van der Waals surface area contributed by atoms with E-state index in [4.69, 9.17) is 9.26 Å². The number of hydrogen-bond donors (Lipinski definition) is 1. The summed E-state index contributed by atoms with van der Waals surface area (Å²) in [5, 5.41) is 6.20. The quantitative estimate of drug-likeness (QED) is 0.866. The molecular weight excluding hydrogens is 260 g/mol. The van der Waals surface area contributed by atoms with Gasteiger partial charge < -0.3 is 14.6 Å². The Balaban J connectivity index is 2.06. The van der Waals surface area contributed by atoms with Crippen LogP contribution in [0.3, 0.4) is 0 Å². The van der Waals surface area contributed by atoms with Crippen LogP contribution in [0.25, 0.3) is 0 Å². The monoisotopic (exact) mass is 274 g/mol. The molecule has 20 heavy (non-hydrogen) atoms. The molecular formula is C14H14N2O4. The standard InChI is InChI=1S/C14H14N2O4/c1-3-19-14(18)10-4-6-11(7-5-10)16-13(17)12-9(2)8-15-20-12/h4-8H,3H2,1-2H3,(H,16,17). The maximum atomic E-state index is 11.9. The molecule has 0 aliphatic heterocycles. The predicted octanol–water partition coefficient (Wildman–Crippen LogP) is 2.41. The van der Waals surface area contributed by atoms with Crippen LogP contribution in [0, 0.1) is 6.92 Å². The highest BCUT2D eigenvalue weighted by molar-refractivity contribution is 6.03. The first-order chi connectivity index (χ1) is 9.61. The van der Waals surface area contributed by atoms with Crippen molar-refractivity contribution in [1.29, 1.82) is 0 Å². The van der Waals surface area contributed by atoms with Crippen LogP contribution in [0.2, 0.25) is 0 Å². The van der Waals surface area contributed by atoms with Gasteiger partial charge in [-0.15, -0.1) is 0 Å². The molecule has 1 heterocycles. The molecule has 0 fully saturated rings. The van der Waals surface area contributed by atoms with Gasteiger partial charge >= 0.3 is 5.97 Å². The highest BCUT2D eigenvalue weighted by atomic mass is 16.5. The minimum absolute atomic E-state index is 0.166. The number of amides is 1. The van der Waals surface area contributed by atoms with Crippen LogP contribution in [-0.2, 0) is 4.74 Å². The fourth-order valence-electron chi connectivity index (χ4n) is 1.60. The Morgan fingerprint density at radius 2 is 2.00 bits per heavy atom. The Labute approximate surface area is 115 Å². The van der Waals surface area contributed by atoms with E-state index in [1.165, 1.54) is 6.20 Å². The zero-order valence-corrected chi connectivity index (χ0v) is 11.2. The second-order valence-corrected chi connectivity index (χ2v) is 4.09. The summed E-state index contributed by atoms with van der Waals surface area (Å²) >= 11 is 0. The number of aromatic nitrogens is 1. The largest absolute Gasteiger partial charge is 0.462 e. The van der Waals surface area contributed by atoms with E-state index in [0.29, 0.717) is 23.4 Å². The molecule has 1 aromatic heterocycles. The SMILES string of the molecule is CCOC(=O)c1ccc(NC(=O)c2oncc2C)cc1. The maximum absolute atomic E-state index is 11.9. The number of rotatable bonds is 4. The molecule has 6 nitrogen and oxygen atoms in total. The van der Waals surface area contributed by atoms with Crippen molar-refractivity contribution in [2.24, 2.45) is 0 Å². The number of carbonyl (C=O) groups excluding carboxylic acids is 2. The first-order valence-electron chi connectivity index (χ1n) is 6.11. The van der Waals surface area contributed by atoms with Crippen molar-refractivity contribution in [3.63, 3.8) is 0 Å². The molecule has 0 aliphatic carbocycles. The zero-order valence-electron chi connectivity index (χ0n) is 11.2. The van der Waals surface area contributed by atoms with Gasteiger partial charge in [0.15, 0.2) is 0 Å². The Morgan fingerprint density at radius 1 is 1.30 bits per heavy atom. The predicted molar refractivity (Wildman–Crippen MR) is 71.6 cm³/mol. The van der Waals surface area contributed by atoms with Gasteiger partial charge in [-0.2, -0.15) is 0 Å². The molecule has 104 valence electrons. The van der Waals surface area contributed by atoms with Gasteiger partial charge in [-0.3, -0.25) is 4.79 Å². The number of esters is 1. The molecule has 2 rings (SSSR count). The van der Waals surface area contributed by atoms with Gasteiger partial charge in [0.25, 0.3) is 5.91 Å². The summed E-state index contributed by atoms with van der Waals surface area (Å²) in [6, 6.07) is 6.41. The summed E-state index contributed by atoms with van der Waals surface area (Å²) in [4.78, 5) is 23.4. The van der Waals surface area contributed by atoms with Crippen LogP contribution >= 0.6 is 0 Å². The van der Waals surface area contributed by atoms with E-state index in [-0.39, 0.29) is 11.7 Å². The number of hydrogen-bond acceptors (Lipinski definition) is 5. The number of nitrogens with one attached hydrogen (secondary N) is 1. The van der Waals surface area contributed by atoms with Crippen molar-refractivity contribution in [2.75, 3.05) is 11.9 Å². The minimum Gasteiger partial charge on any atom is -0.462 e. The summed E-state index contributed by atoms with van der Waals surface area (Å²) in [5.74, 6) is -0.611. The lowest BCUT2D eigenvalue weighted by molar-refractivity contribution is 0.0526. The lowest BCUT2D eigenvalue weighted by atomic mass is 10.2. The summed E-state index contributed by atoms with van der Waals surface area (Å²) in [6.07, 6.45) is 1.47. The van der Waals surface area contributed by atoms with Crippen LogP contribution in [0.15, 0.2) is 35.0 Å². The lowest BCUT2D eigenvalue weighted by Crippen LogP contribution is -2.12. The van der Waals surface area contributed by atoms with Gasteiger partial charge in [-0.1, -0.05) is 5.16 Å². The molecule has 1 N–H and O–H groups in total. The van der Waals surface area contributed by atoms with E-state index >= 15 is 0 Å². The average molecular weight is 274 g/mol. The van der Waals surface area contributed by atoms with E-state index in [2.05, 4.69) is 10.5 Å². The number of nitrogens with zero attached hydrogens (tertiary/aromatic N) is 1. The molecule has 0 radical (unpaired) electrons. The minimum atomic E-state index is -0.392. The number of anilines is 1. The number of ether oxygens (including phenoxy) is 1. The van der Waals surface area contributed by atoms with Gasteiger partial charge in [-0.25, -0.2) is 4.79 Å². The topological polar surface area (TPSA) is 81.4 Å². The molecule has 0 saturated carbocycles. The fraction of sp³-hybridized carbons (Fsp3) is 0.214. The van der Waals surface area contributed by atoms with E-state index in [1.54, 1.807) is 38.1 Å². The first kappa shape index (κ1) is 13.8. The lowest BCUT2D eigenvalue weighted by Gasteiger charge is -2.05. The molecule has 0 saturated heterocycles. The van der Waals surface area contributed by atoms with Crippen molar-refractivity contribution in [2.45, 2.75) is 13.8 Å². The van der Waals surface area contributed by atoms with Crippen molar-refractivity contribution in [3.05, 3.63) is 47.3 Å². The second kappa shape index (κ2) is 6.01. The molecule has 0 spiro atoms. The third-order valence-electron chi connectivity index (χ3n) is 2.61. The summed E-state index contributed by atoms with van der Waals surface area (Å²) in [6.45, 7) is 3.80. The highest BCUT2D eigenvalue weighted by Crippen LogP contribution is 2.13. The van der Waals surface area contributed by atoms with Crippen LogP contribution in [0.5, 0.6) is 0 Å². The second-order valence-electron chi connectivity index (χ2n) is 4.09. The summed E-state index contributed by atoms with van der Waals surface area (Å²) in [5.41, 5.74) is 1.64. The molecule has 2 aromatic rings. The Morgan fingerprint density at radius 3 is 2.55 bits per heavy atom. The van der Waals surface area contributed by atoms with E-state index in [0.717, 1.165) is 0 Å². The maximum Gasteiger partial charge on any atom is 0.338 e. The van der Waals surface area contributed by atoms with Crippen molar-refractivity contribution in [3.8, 4) is 0 Å². The first-order valence-corrected chi connectivity index (χ1v) is 6.11.